The summed E-state index contributed by atoms with van der Waals surface area (Å²) in [4.78, 5) is 12.0. The lowest BCUT2D eigenvalue weighted by molar-refractivity contribution is -0.118. The Labute approximate surface area is 130 Å². The minimum absolute atomic E-state index is 0.347. The van der Waals surface area contributed by atoms with Gasteiger partial charge in [0.15, 0.2) is 0 Å². The lowest BCUT2D eigenvalue weighted by atomic mass is 9.92. The van der Waals surface area contributed by atoms with Gasteiger partial charge in [-0.05, 0) is 65.6 Å². The molecule has 1 aromatic carbocycles. The van der Waals surface area contributed by atoms with Crippen molar-refractivity contribution in [3.8, 4) is 0 Å². The van der Waals surface area contributed by atoms with Gasteiger partial charge < -0.3 is 5.73 Å². The summed E-state index contributed by atoms with van der Waals surface area (Å²) in [6.45, 7) is 2.92. The van der Waals surface area contributed by atoms with Gasteiger partial charge in [-0.15, -0.1) is 0 Å². The van der Waals surface area contributed by atoms with Crippen molar-refractivity contribution in [1.29, 1.82) is 0 Å². The van der Waals surface area contributed by atoms with E-state index in [0.717, 1.165) is 24.9 Å². The number of benzene rings is 1. The Morgan fingerprint density at radius 2 is 1.89 bits per heavy atom. The molecule has 2 nitrogen and oxygen atoms in total. The number of rotatable bonds is 9. The number of halogens is 1. The quantitative estimate of drug-likeness (QED) is 0.666. The molecular formula is C16H24INO. The average molecular weight is 373 g/mol. The number of hydrogen-bond donors (Lipinski definition) is 1. The Kier molecular flexibility index (Phi) is 8.30. The number of carbonyl (C=O) groups is 1. The highest BCUT2D eigenvalue weighted by atomic mass is 127. The number of hydrogen-bond acceptors (Lipinski definition) is 2. The SMILES string of the molecule is CCCC(CCN)CCC(=O)Cc1ccc(I)cc1. The second-order valence-electron chi connectivity index (χ2n) is 5.11. The van der Waals surface area contributed by atoms with E-state index in [9.17, 15) is 4.79 Å². The summed E-state index contributed by atoms with van der Waals surface area (Å²) < 4.78 is 1.21. The third-order valence-corrected chi connectivity index (χ3v) is 4.14. The molecule has 0 aromatic heterocycles. The zero-order valence-corrected chi connectivity index (χ0v) is 13.9. The molecule has 106 valence electrons. The van der Waals surface area contributed by atoms with E-state index < -0.39 is 0 Å². The van der Waals surface area contributed by atoms with Gasteiger partial charge in [0.1, 0.15) is 5.78 Å². The zero-order valence-electron chi connectivity index (χ0n) is 11.7. The Morgan fingerprint density at radius 3 is 2.47 bits per heavy atom. The van der Waals surface area contributed by atoms with Gasteiger partial charge in [0, 0.05) is 16.4 Å². The van der Waals surface area contributed by atoms with Crippen LogP contribution in [0.1, 0.15) is 44.6 Å². The third-order valence-electron chi connectivity index (χ3n) is 3.42. The van der Waals surface area contributed by atoms with Gasteiger partial charge in [-0.1, -0.05) is 31.9 Å². The lowest BCUT2D eigenvalue weighted by Gasteiger charge is -2.14. The minimum Gasteiger partial charge on any atom is -0.330 e. The first-order valence-corrected chi connectivity index (χ1v) is 8.19. The molecule has 0 saturated carbocycles. The van der Waals surface area contributed by atoms with Crippen molar-refractivity contribution < 1.29 is 4.79 Å². The average Bonchev–Trinajstić information content (AvgIpc) is 2.39. The van der Waals surface area contributed by atoms with Gasteiger partial charge in [0.05, 0.1) is 0 Å². The predicted octanol–water partition coefficient (Wildman–Crippen LogP) is 3.95. The summed E-state index contributed by atoms with van der Waals surface area (Å²) in [5, 5.41) is 0. The van der Waals surface area contributed by atoms with Crippen LogP contribution in [0, 0.1) is 9.49 Å². The lowest BCUT2D eigenvalue weighted by Crippen LogP contribution is -2.11. The van der Waals surface area contributed by atoms with Crippen LogP contribution < -0.4 is 5.73 Å². The van der Waals surface area contributed by atoms with E-state index in [0.29, 0.717) is 24.5 Å². The van der Waals surface area contributed by atoms with E-state index in [1.54, 1.807) is 0 Å². The maximum atomic E-state index is 12.0. The molecule has 0 radical (unpaired) electrons. The molecule has 19 heavy (non-hydrogen) atoms. The number of ketones is 1. The molecule has 0 aliphatic carbocycles. The molecular weight excluding hydrogens is 349 g/mol. The molecule has 0 saturated heterocycles. The second kappa shape index (κ2) is 9.48. The van der Waals surface area contributed by atoms with Crippen LogP contribution in [0.3, 0.4) is 0 Å². The van der Waals surface area contributed by atoms with Crippen molar-refractivity contribution in [3.63, 3.8) is 0 Å². The van der Waals surface area contributed by atoms with E-state index in [1.165, 1.54) is 16.4 Å². The van der Waals surface area contributed by atoms with Crippen LogP contribution in [0.2, 0.25) is 0 Å². The Hall–Kier alpha value is -0.420. The molecule has 1 atom stereocenters. The Bertz CT molecular complexity index is 369. The van der Waals surface area contributed by atoms with Crippen LogP contribution in [-0.4, -0.2) is 12.3 Å². The van der Waals surface area contributed by atoms with Crippen LogP contribution >= 0.6 is 22.6 Å². The number of nitrogens with two attached hydrogens (primary N) is 1. The fourth-order valence-corrected chi connectivity index (χ4v) is 2.72. The summed E-state index contributed by atoms with van der Waals surface area (Å²) in [5.74, 6) is 0.968. The first-order valence-electron chi connectivity index (χ1n) is 7.12. The minimum atomic E-state index is 0.347. The summed E-state index contributed by atoms with van der Waals surface area (Å²) in [6.07, 6.45) is 5.66. The first-order chi connectivity index (χ1) is 9.15. The molecule has 0 bridgehead atoms. The molecule has 0 heterocycles. The number of Topliss-reactive ketones (excluding diaryl/α,β-unsaturated/α-hetero) is 1. The molecule has 0 amide bonds. The van der Waals surface area contributed by atoms with Gasteiger partial charge in [0.2, 0.25) is 0 Å². The van der Waals surface area contributed by atoms with E-state index >= 15 is 0 Å². The smallest absolute Gasteiger partial charge is 0.137 e. The predicted molar refractivity (Wildman–Crippen MR) is 89.2 cm³/mol. The second-order valence-corrected chi connectivity index (χ2v) is 6.36. The van der Waals surface area contributed by atoms with Crippen molar-refractivity contribution in [3.05, 3.63) is 33.4 Å². The molecule has 0 fully saturated rings. The Balaban J connectivity index is 2.35. The molecule has 1 aromatic rings. The molecule has 2 N–H and O–H groups in total. The normalized spacial score (nSPS) is 12.4. The fourth-order valence-electron chi connectivity index (χ4n) is 2.36. The summed E-state index contributed by atoms with van der Waals surface area (Å²) in [7, 11) is 0. The van der Waals surface area contributed by atoms with E-state index in [2.05, 4.69) is 41.6 Å². The highest BCUT2D eigenvalue weighted by Crippen LogP contribution is 2.18. The number of carbonyl (C=O) groups excluding carboxylic acids is 1. The van der Waals surface area contributed by atoms with Gasteiger partial charge in [-0.2, -0.15) is 0 Å². The van der Waals surface area contributed by atoms with Crippen molar-refractivity contribution in [1.82, 2.24) is 0 Å². The maximum absolute atomic E-state index is 12.0. The summed E-state index contributed by atoms with van der Waals surface area (Å²) in [6, 6.07) is 8.20. The highest BCUT2D eigenvalue weighted by molar-refractivity contribution is 14.1. The van der Waals surface area contributed by atoms with Gasteiger partial charge in [0.25, 0.3) is 0 Å². The molecule has 1 rings (SSSR count). The van der Waals surface area contributed by atoms with Crippen LogP contribution in [0.25, 0.3) is 0 Å². The zero-order chi connectivity index (χ0) is 14.1. The first kappa shape index (κ1) is 16.6. The molecule has 3 heteroatoms. The largest absolute Gasteiger partial charge is 0.330 e. The standard InChI is InChI=1S/C16H24INO/c1-2-3-13(10-11-18)6-9-16(19)12-14-4-7-15(17)8-5-14/h4-5,7-8,13H,2-3,6,9-12,18H2,1H3. The fraction of sp³-hybridized carbons (Fsp3) is 0.562. The summed E-state index contributed by atoms with van der Waals surface area (Å²) in [5.41, 5.74) is 6.74. The monoisotopic (exact) mass is 373 g/mol. The van der Waals surface area contributed by atoms with Crippen molar-refractivity contribution >= 4 is 28.4 Å². The molecule has 0 aliphatic heterocycles. The van der Waals surface area contributed by atoms with Gasteiger partial charge >= 0.3 is 0 Å². The van der Waals surface area contributed by atoms with E-state index in [1.807, 2.05) is 12.1 Å². The van der Waals surface area contributed by atoms with E-state index in [-0.39, 0.29) is 0 Å². The van der Waals surface area contributed by atoms with Gasteiger partial charge in [-0.3, -0.25) is 4.79 Å². The van der Waals surface area contributed by atoms with Crippen molar-refractivity contribution in [2.45, 2.75) is 45.4 Å². The maximum Gasteiger partial charge on any atom is 0.137 e. The third kappa shape index (κ3) is 7.06. The van der Waals surface area contributed by atoms with Crippen LogP contribution in [0.4, 0.5) is 0 Å². The van der Waals surface area contributed by atoms with E-state index in [4.69, 9.17) is 5.73 Å². The van der Waals surface area contributed by atoms with Crippen molar-refractivity contribution in [2.24, 2.45) is 11.7 Å². The topological polar surface area (TPSA) is 43.1 Å². The summed E-state index contributed by atoms with van der Waals surface area (Å²) >= 11 is 2.28. The van der Waals surface area contributed by atoms with Gasteiger partial charge in [-0.25, -0.2) is 0 Å². The molecule has 0 aliphatic rings. The highest BCUT2D eigenvalue weighted by Gasteiger charge is 2.10. The molecule has 1 unspecified atom stereocenters. The van der Waals surface area contributed by atoms with Crippen molar-refractivity contribution in [2.75, 3.05) is 6.54 Å². The van der Waals surface area contributed by atoms with Crippen LogP contribution in [0.15, 0.2) is 24.3 Å². The molecule has 0 spiro atoms. The van der Waals surface area contributed by atoms with Crippen LogP contribution in [0.5, 0.6) is 0 Å². The Morgan fingerprint density at radius 1 is 1.21 bits per heavy atom. The van der Waals surface area contributed by atoms with Crippen LogP contribution in [-0.2, 0) is 11.2 Å².